The number of amides is 2. The van der Waals surface area contributed by atoms with Gasteiger partial charge in [0.1, 0.15) is 11.5 Å². The summed E-state index contributed by atoms with van der Waals surface area (Å²) < 4.78 is 10.7. The van der Waals surface area contributed by atoms with Crippen molar-refractivity contribution >= 4 is 23.1 Å². The maximum Gasteiger partial charge on any atom is 0.238 e. The lowest BCUT2D eigenvalue weighted by Gasteiger charge is -2.22. The van der Waals surface area contributed by atoms with E-state index >= 15 is 0 Å². The molecule has 2 aliphatic carbocycles. The van der Waals surface area contributed by atoms with Crippen LogP contribution in [-0.2, 0) is 9.59 Å². The Hall–Kier alpha value is -4.12. The third-order valence-corrected chi connectivity index (χ3v) is 7.48. The van der Waals surface area contributed by atoms with Crippen LogP contribution in [-0.4, -0.2) is 26.0 Å². The second-order valence-electron chi connectivity index (χ2n) is 9.12. The van der Waals surface area contributed by atoms with Crippen molar-refractivity contribution in [2.75, 3.05) is 19.1 Å². The summed E-state index contributed by atoms with van der Waals surface area (Å²) in [4.78, 5) is 28.6. The fraction of sp³-hybridized carbons (Fsp3) is 0.200. The zero-order chi connectivity index (χ0) is 24.1. The Morgan fingerprint density at radius 1 is 0.657 bits per heavy atom. The number of imide groups is 1. The second kappa shape index (κ2) is 8.27. The number of methoxy groups -OCH3 is 2. The Balaban J connectivity index is 1.48. The van der Waals surface area contributed by atoms with Crippen LogP contribution in [0.4, 0.5) is 5.69 Å². The molecule has 1 heterocycles. The van der Waals surface area contributed by atoms with Crippen LogP contribution in [0.5, 0.6) is 11.5 Å². The van der Waals surface area contributed by atoms with Gasteiger partial charge in [0, 0.05) is 11.8 Å². The minimum absolute atomic E-state index is 0.107. The molecule has 1 saturated heterocycles. The van der Waals surface area contributed by atoms with Gasteiger partial charge >= 0.3 is 0 Å². The van der Waals surface area contributed by atoms with E-state index in [9.17, 15) is 9.59 Å². The highest BCUT2D eigenvalue weighted by atomic mass is 16.5. The molecule has 3 aromatic carbocycles. The van der Waals surface area contributed by atoms with Crippen molar-refractivity contribution in [1.29, 1.82) is 0 Å². The van der Waals surface area contributed by atoms with E-state index in [2.05, 4.69) is 12.2 Å². The standard InChI is InChI=1S/C30H25NO4/c1-34-21-12-8-18(9-13-21)25(19-10-14-22(35-2)15-11-19)26-23-16-17-24(26)28-27(23)29(32)31(30(28)33)20-6-4-3-5-7-20/h3-17,23-24,27-28H,1-2H3/t23-,24-,27-,28+/m1/s1. The molecule has 0 N–H and O–H groups in total. The predicted octanol–water partition coefficient (Wildman–Crippen LogP) is 5.13. The van der Waals surface area contributed by atoms with Crippen LogP contribution >= 0.6 is 0 Å². The summed E-state index contributed by atoms with van der Waals surface area (Å²) in [7, 11) is 3.30. The number of nitrogens with zero attached hydrogens (tertiary/aromatic N) is 1. The SMILES string of the molecule is COc1ccc(C(=C2[C@H]3C=C[C@H]2[C@H]2C(=O)N(c4ccccc4)C(=O)[C@H]23)c2ccc(OC)cc2)cc1. The third-order valence-electron chi connectivity index (χ3n) is 7.48. The van der Waals surface area contributed by atoms with E-state index in [0.717, 1.165) is 33.8 Å². The summed E-state index contributed by atoms with van der Waals surface area (Å²) in [6.07, 6.45) is 4.24. The smallest absolute Gasteiger partial charge is 0.238 e. The molecular weight excluding hydrogens is 438 g/mol. The van der Waals surface area contributed by atoms with Crippen molar-refractivity contribution in [1.82, 2.24) is 0 Å². The van der Waals surface area contributed by atoms with E-state index in [4.69, 9.17) is 9.47 Å². The molecule has 5 heteroatoms. The topological polar surface area (TPSA) is 55.8 Å². The fourth-order valence-corrected chi connectivity index (χ4v) is 5.94. The Morgan fingerprint density at radius 3 is 1.54 bits per heavy atom. The Kier molecular flexibility index (Phi) is 5.06. The van der Waals surface area contributed by atoms with Crippen molar-refractivity contribution in [2.24, 2.45) is 23.7 Å². The van der Waals surface area contributed by atoms with E-state index in [-0.39, 0.29) is 35.5 Å². The van der Waals surface area contributed by atoms with Gasteiger partial charge in [-0.2, -0.15) is 0 Å². The minimum atomic E-state index is -0.376. The van der Waals surface area contributed by atoms with E-state index < -0.39 is 0 Å². The first kappa shape index (κ1) is 21.4. The van der Waals surface area contributed by atoms with E-state index in [0.29, 0.717) is 5.69 Å². The number of rotatable bonds is 5. The molecule has 0 aromatic heterocycles. The Bertz CT molecular complexity index is 1270. The first-order chi connectivity index (χ1) is 17.1. The summed E-state index contributed by atoms with van der Waals surface area (Å²) >= 11 is 0. The number of allylic oxidation sites excluding steroid dienone is 3. The maximum absolute atomic E-state index is 13.6. The number of para-hydroxylation sites is 1. The molecule has 0 unspecified atom stereocenters. The van der Waals surface area contributed by atoms with Crippen molar-refractivity contribution in [2.45, 2.75) is 0 Å². The molecular formula is C30H25NO4. The van der Waals surface area contributed by atoms with Crippen LogP contribution < -0.4 is 14.4 Å². The number of hydrogen-bond donors (Lipinski definition) is 0. The van der Waals surface area contributed by atoms with Gasteiger partial charge in [-0.1, -0.05) is 54.6 Å². The van der Waals surface area contributed by atoms with Gasteiger partial charge in [0.05, 0.1) is 31.7 Å². The monoisotopic (exact) mass is 463 g/mol. The number of carbonyl (C=O) groups excluding carboxylic acids is 2. The molecule has 6 rings (SSSR count). The number of carbonyl (C=O) groups is 2. The molecule has 174 valence electrons. The number of anilines is 1. The molecule has 0 spiro atoms. The summed E-state index contributed by atoms with van der Waals surface area (Å²) in [6.45, 7) is 0. The van der Waals surface area contributed by atoms with Crippen LogP contribution in [0.15, 0.2) is 96.6 Å². The van der Waals surface area contributed by atoms with Crippen molar-refractivity contribution in [3.63, 3.8) is 0 Å². The lowest BCUT2D eigenvalue weighted by Crippen LogP contribution is -2.33. The highest BCUT2D eigenvalue weighted by Gasteiger charge is 2.62. The molecule has 0 radical (unpaired) electrons. The molecule has 4 atom stereocenters. The van der Waals surface area contributed by atoms with Gasteiger partial charge < -0.3 is 9.47 Å². The number of benzene rings is 3. The van der Waals surface area contributed by atoms with Crippen molar-refractivity contribution in [3.8, 4) is 11.5 Å². The van der Waals surface area contributed by atoms with Crippen LogP contribution in [0.25, 0.3) is 5.57 Å². The Labute approximate surface area is 204 Å². The molecule has 2 bridgehead atoms. The molecule has 1 aliphatic heterocycles. The molecule has 2 amide bonds. The van der Waals surface area contributed by atoms with Gasteiger partial charge in [-0.05, 0) is 58.7 Å². The minimum Gasteiger partial charge on any atom is -0.497 e. The van der Waals surface area contributed by atoms with E-state index in [1.807, 2.05) is 78.9 Å². The van der Waals surface area contributed by atoms with Gasteiger partial charge in [-0.15, -0.1) is 0 Å². The van der Waals surface area contributed by atoms with Gasteiger partial charge in [0.2, 0.25) is 11.8 Å². The summed E-state index contributed by atoms with van der Waals surface area (Å²) in [5, 5.41) is 0. The highest BCUT2D eigenvalue weighted by molar-refractivity contribution is 6.23. The largest absolute Gasteiger partial charge is 0.497 e. The molecule has 35 heavy (non-hydrogen) atoms. The second-order valence-corrected chi connectivity index (χ2v) is 9.12. The molecule has 1 saturated carbocycles. The van der Waals surface area contributed by atoms with Crippen LogP contribution in [0.2, 0.25) is 0 Å². The van der Waals surface area contributed by atoms with Crippen LogP contribution in [0, 0.1) is 23.7 Å². The summed E-state index contributed by atoms with van der Waals surface area (Å²) in [6, 6.07) is 25.2. The molecule has 2 fully saturated rings. The normalized spacial score (nSPS) is 24.2. The van der Waals surface area contributed by atoms with E-state index in [1.165, 1.54) is 4.90 Å². The average Bonchev–Trinajstić information content (AvgIpc) is 3.54. The predicted molar refractivity (Wildman–Crippen MR) is 134 cm³/mol. The average molecular weight is 464 g/mol. The van der Waals surface area contributed by atoms with Gasteiger partial charge in [-0.25, -0.2) is 4.90 Å². The highest BCUT2D eigenvalue weighted by Crippen LogP contribution is 2.58. The van der Waals surface area contributed by atoms with E-state index in [1.54, 1.807) is 14.2 Å². The molecule has 3 aliphatic rings. The zero-order valence-electron chi connectivity index (χ0n) is 19.5. The maximum atomic E-state index is 13.6. The third kappa shape index (κ3) is 3.22. The summed E-state index contributed by atoms with van der Waals surface area (Å²) in [5.74, 6) is 0.359. The van der Waals surface area contributed by atoms with Crippen LogP contribution in [0.3, 0.4) is 0 Å². The fourth-order valence-electron chi connectivity index (χ4n) is 5.94. The lowest BCUT2D eigenvalue weighted by atomic mass is 9.85. The van der Waals surface area contributed by atoms with Crippen molar-refractivity contribution < 1.29 is 19.1 Å². The first-order valence-electron chi connectivity index (χ1n) is 11.8. The van der Waals surface area contributed by atoms with Gasteiger partial charge in [-0.3, -0.25) is 9.59 Å². The number of fused-ring (bicyclic) bond motifs is 5. The number of hydrogen-bond acceptors (Lipinski definition) is 4. The quantitative estimate of drug-likeness (QED) is 0.389. The Morgan fingerprint density at radius 2 is 1.11 bits per heavy atom. The van der Waals surface area contributed by atoms with Gasteiger partial charge in [0.25, 0.3) is 0 Å². The molecule has 3 aromatic rings. The van der Waals surface area contributed by atoms with Crippen LogP contribution in [0.1, 0.15) is 11.1 Å². The first-order valence-corrected chi connectivity index (χ1v) is 11.8. The molecule has 5 nitrogen and oxygen atoms in total. The number of ether oxygens (including phenoxy) is 2. The zero-order valence-corrected chi connectivity index (χ0v) is 19.5. The lowest BCUT2D eigenvalue weighted by molar-refractivity contribution is -0.122. The van der Waals surface area contributed by atoms with Crippen molar-refractivity contribution in [3.05, 3.63) is 108 Å². The van der Waals surface area contributed by atoms with Gasteiger partial charge in [0.15, 0.2) is 0 Å². The summed E-state index contributed by atoms with van der Waals surface area (Å²) in [5.41, 5.74) is 4.92.